The van der Waals surface area contributed by atoms with Gasteiger partial charge in [-0.15, -0.1) is 0 Å². The van der Waals surface area contributed by atoms with Crippen LogP contribution in [0.25, 0.3) is 0 Å². The van der Waals surface area contributed by atoms with Crippen LogP contribution < -0.4 is 0 Å². The number of halogens is 1. The molecule has 1 heterocycles. The predicted molar refractivity (Wildman–Crippen MR) is 79.0 cm³/mol. The average Bonchev–Trinajstić information content (AvgIpc) is 2.64. The van der Waals surface area contributed by atoms with Gasteiger partial charge in [-0.1, -0.05) is 20.8 Å². The number of rotatable bonds is 6. The fourth-order valence-corrected chi connectivity index (χ4v) is 2.84. The van der Waals surface area contributed by atoms with E-state index in [-0.39, 0.29) is 4.75 Å². The first kappa shape index (κ1) is 16.0. The molecule has 4 nitrogen and oxygen atoms in total. The molecule has 1 rings (SSSR count). The van der Waals surface area contributed by atoms with Crippen molar-refractivity contribution >= 4 is 27.7 Å². The third kappa shape index (κ3) is 4.91. The second-order valence-corrected chi connectivity index (χ2v) is 7.73. The van der Waals surface area contributed by atoms with E-state index in [1.807, 2.05) is 0 Å². The molecule has 0 saturated carbocycles. The third-order valence-corrected chi connectivity index (χ3v) is 4.29. The van der Waals surface area contributed by atoms with Gasteiger partial charge in [0.15, 0.2) is 0 Å². The van der Waals surface area contributed by atoms with Crippen LogP contribution in [0.2, 0.25) is 0 Å². The lowest BCUT2D eigenvalue weighted by atomic mass is 10.2. The number of aliphatic hydroxyl groups excluding tert-OH is 1. The first-order chi connectivity index (χ1) is 8.35. The SMILES string of the molecule is COCCn1ncc(Br)c1C(O)CSC(C)(C)C. The van der Waals surface area contributed by atoms with Crippen molar-refractivity contribution in [3.63, 3.8) is 0 Å². The Hall–Kier alpha value is -0.0400. The predicted octanol–water partition coefficient (Wildman–Crippen LogP) is 2.86. The fourth-order valence-electron chi connectivity index (χ4n) is 1.47. The van der Waals surface area contributed by atoms with Crippen LogP contribution in [0.1, 0.15) is 32.6 Å². The molecule has 0 aliphatic carbocycles. The van der Waals surface area contributed by atoms with Crippen LogP contribution in [0.15, 0.2) is 10.7 Å². The lowest BCUT2D eigenvalue weighted by Crippen LogP contribution is -2.17. The van der Waals surface area contributed by atoms with Gasteiger partial charge in [-0.2, -0.15) is 16.9 Å². The summed E-state index contributed by atoms with van der Waals surface area (Å²) in [4.78, 5) is 0. The summed E-state index contributed by atoms with van der Waals surface area (Å²) in [6, 6.07) is 0. The summed E-state index contributed by atoms with van der Waals surface area (Å²) in [5.41, 5.74) is 0.823. The van der Waals surface area contributed by atoms with Gasteiger partial charge >= 0.3 is 0 Å². The van der Waals surface area contributed by atoms with E-state index in [2.05, 4.69) is 41.8 Å². The highest BCUT2D eigenvalue weighted by atomic mass is 79.9. The van der Waals surface area contributed by atoms with Gasteiger partial charge in [0.05, 0.1) is 29.5 Å². The second-order valence-electron chi connectivity index (χ2n) is 5.03. The summed E-state index contributed by atoms with van der Waals surface area (Å²) >= 11 is 5.17. The number of aliphatic hydroxyl groups is 1. The summed E-state index contributed by atoms with van der Waals surface area (Å²) in [5, 5.41) is 14.5. The van der Waals surface area contributed by atoms with Gasteiger partial charge in [-0.05, 0) is 15.9 Å². The van der Waals surface area contributed by atoms with Gasteiger partial charge in [0, 0.05) is 17.6 Å². The first-order valence-corrected chi connectivity index (χ1v) is 7.65. The van der Waals surface area contributed by atoms with E-state index >= 15 is 0 Å². The molecule has 0 aliphatic rings. The largest absolute Gasteiger partial charge is 0.386 e. The van der Waals surface area contributed by atoms with E-state index < -0.39 is 6.10 Å². The maximum absolute atomic E-state index is 10.3. The van der Waals surface area contributed by atoms with Gasteiger partial charge in [-0.25, -0.2) is 0 Å². The van der Waals surface area contributed by atoms with Crippen LogP contribution in [0.3, 0.4) is 0 Å². The molecule has 1 aromatic heterocycles. The topological polar surface area (TPSA) is 47.3 Å². The highest BCUT2D eigenvalue weighted by Crippen LogP contribution is 2.31. The number of thioether (sulfide) groups is 1. The molecule has 104 valence electrons. The van der Waals surface area contributed by atoms with Crippen LogP contribution in [0.4, 0.5) is 0 Å². The minimum atomic E-state index is -0.525. The zero-order valence-corrected chi connectivity index (χ0v) is 13.7. The monoisotopic (exact) mass is 336 g/mol. The van der Waals surface area contributed by atoms with Crippen LogP contribution >= 0.6 is 27.7 Å². The molecule has 6 heteroatoms. The minimum absolute atomic E-state index is 0.144. The molecule has 0 fully saturated rings. The average molecular weight is 337 g/mol. The highest BCUT2D eigenvalue weighted by Gasteiger charge is 2.20. The van der Waals surface area contributed by atoms with Crippen LogP contribution in [0, 0.1) is 0 Å². The van der Waals surface area contributed by atoms with Crippen molar-refractivity contribution < 1.29 is 9.84 Å². The van der Waals surface area contributed by atoms with Gasteiger partial charge in [0.1, 0.15) is 6.10 Å². The fraction of sp³-hybridized carbons (Fsp3) is 0.750. The smallest absolute Gasteiger partial charge is 0.106 e. The molecule has 1 aromatic rings. The maximum Gasteiger partial charge on any atom is 0.106 e. The summed E-state index contributed by atoms with van der Waals surface area (Å²) in [5.74, 6) is 0.654. The molecule has 0 amide bonds. The van der Waals surface area contributed by atoms with Gasteiger partial charge < -0.3 is 9.84 Å². The third-order valence-electron chi connectivity index (χ3n) is 2.33. The summed E-state index contributed by atoms with van der Waals surface area (Å²) in [6.07, 6.45) is 1.19. The summed E-state index contributed by atoms with van der Waals surface area (Å²) in [7, 11) is 1.66. The van der Waals surface area contributed by atoms with Crippen molar-refractivity contribution in [1.82, 2.24) is 9.78 Å². The zero-order chi connectivity index (χ0) is 13.8. The number of nitrogens with zero attached hydrogens (tertiary/aromatic N) is 2. The quantitative estimate of drug-likeness (QED) is 0.867. The van der Waals surface area contributed by atoms with Crippen molar-refractivity contribution in [1.29, 1.82) is 0 Å². The molecule has 0 spiro atoms. The standard InChI is InChI=1S/C12H21BrN2O2S/c1-12(2,3)18-8-10(16)11-9(13)7-14-15(11)5-6-17-4/h7,10,16H,5-6,8H2,1-4H3. The number of aromatic nitrogens is 2. The lowest BCUT2D eigenvalue weighted by Gasteiger charge is -2.21. The molecule has 0 bridgehead atoms. The molecule has 18 heavy (non-hydrogen) atoms. The molecule has 1 atom stereocenters. The lowest BCUT2D eigenvalue weighted by molar-refractivity contribution is 0.165. The second kappa shape index (κ2) is 6.93. The van der Waals surface area contributed by atoms with E-state index in [9.17, 15) is 5.11 Å². The Morgan fingerprint density at radius 2 is 2.22 bits per heavy atom. The summed E-state index contributed by atoms with van der Waals surface area (Å²) in [6.45, 7) is 7.65. The van der Waals surface area contributed by atoms with Crippen molar-refractivity contribution in [2.75, 3.05) is 19.5 Å². The maximum atomic E-state index is 10.3. The van der Waals surface area contributed by atoms with Gasteiger partial charge in [-0.3, -0.25) is 4.68 Å². The Morgan fingerprint density at radius 1 is 1.56 bits per heavy atom. The highest BCUT2D eigenvalue weighted by molar-refractivity contribution is 9.10. The molecule has 0 aromatic carbocycles. The van der Waals surface area contributed by atoms with Crippen LogP contribution in [0.5, 0.6) is 0 Å². The van der Waals surface area contributed by atoms with Gasteiger partial charge in [0.2, 0.25) is 0 Å². The van der Waals surface area contributed by atoms with Crippen molar-refractivity contribution in [3.05, 3.63) is 16.4 Å². The van der Waals surface area contributed by atoms with E-state index in [0.717, 1.165) is 10.2 Å². The van der Waals surface area contributed by atoms with Crippen LogP contribution in [-0.4, -0.2) is 39.1 Å². The van der Waals surface area contributed by atoms with Crippen molar-refractivity contribution in [2.45, 2.75) is 38.2 Å². The number of ether oxygens (including phenoxy) is 1. The zero-order valence-electron chi connectivity index (χ0n) is 11.3. The number of methoxy groups -OCH3 is 1. The molecular weight excluding hydrogens is 316 g/mol. The van der Waals surface area contributed by atoms with E-state index in [0.29, 0.717) is 18.9 Å². The molecule has 1 N–H and O–H groups in total. The Balaban J connectivity index is 2.71. The van der Waals surface area contributed by atoms with E-state index in [1.54, 1.807) is 29.8 Å². The van der Waals surface area contributed by atoms with Crippen molar-refractivity contribution in [2.24, 2.45) is 0 Å². The molecule has 0 saturated heterocycles. The van der Waals surface area contributed by atoms with Crippen molar-refractivity contribution in [3.8, 4) is 0 Å². The Labute approximate surface area is 121 Å². The first-order valence-electron chi connectivity index (χ1n) is 5.87. The molecule has 0 radical (unpaired) electrons. The molecule has 0 aliphatic heterocycles. The van der Waals surface area contributed by atoms with Gasteiger partial charge in [0.25, 0.3) is 0 Å². The van der Waals surface area contributed by atoms with E-state index in [1.165, 1.54) is 0 Å². The molecule has 1 unspecified atom stereocenters. The Bertz CT molecular complexity index is 377. The molecular formula is C12H21BrN2O2S. The Kier molecular flexibility index (Phi) is 6.17. The summed E-state index contributed by atoms with van der Waals surface area (Å²) < 4.78 is 7.83. The normalized spacial score (nSPS) is 13.9. The number of hydrogen-bond acceptors (Lipinski definition) is 4. The minimum Gasteiger partial charge on any atom is -0.386 e. The van der Waals surface area contributed by atoms with E-state index in [4.69, 9.17) is 4.74 Å². The Morgan fingerprint density at radius 3 is 2.78 bits per heavy atom. The van der Waals surface area contributed by atoms with Crippen LogP contribution in [-0.2, 0) is 11.3 Å². The number of hydrogen-bond donors (Lipinski definition) is 1.